The molecule has 0 saturated carbocycles. The van der Waals surface area contributed by atoms with E-state index in [1.54, 1.807) is 0 Å². The molecule has 0 aliphatic carbocycles. The molecular weight excluding hydrogens is 320 g/mol. The number of alkyl carbamates (subject to hydrolysis) is 1. The molecule has 1 aliphatic rings. The summed E-state index contributed by atoms with van der Waals surface area (Å²) in [6.45, 7) is 6.59. The van der Waals surface area contributed by atoms with Crippen molar-refractivity contribution in [2.24, 2.45) is 0 Å². The third-order valence-electron chi connectivity index (χ3n) is 3.89. The van der Waals surface area contributed by atoms with Gasteiger partial charge in [0, 0.05) is 25.1 Å². The number of aliphatic hydroxyl groups is 1. The SMILES string of the molecule is CC(C)(C)OC(=O)NCc1ccc(-c2nc3n(n2)CCC(O)C3)cc1. The molecule has 1 aliphatic heterocycles. The Bertz CT molecular complexity index is 747. The van der Waals surface area contributed by atoms with E-state index in [1.165, 1.54) is 0 Å². The smallest absolute Gasteiger partial charge is 0.407 e. The number of carbonyl (C=O) groups excluding carboxylic acids is 1. The Morgan fingerprint density at radius 3 is 2.76 bits per heavy atom. The molecule has 2 heterocycles. The molecule has 0 fully saturated rings. The Labute approximate surface area is 147 Å². The van der Waals surface area contributed by atoms with E-state index in [-0.39, 0.29) is 6.10 Å². The van der Waals surface area contributed by atoms with Gasteiger partial charge in [0.05, 0.1) is 6.10 Å². The number of nitrogens with zero attached hydrogens (tertiary/aromatic N) is 3. The highest BCUT2D eigenvalue weighted by Gasteiger charge is 2.20. The van der Waals surface area contributed by atoms with Gasteiger partial charge in [-0.05, 0) is 32.8 Å². The lowest BCUT2D eigenvalue weighted by Gasteiger charge is -2.19. The fourth-order valence-corrected chi connectivity index (χ4v) is 2.67. The minimum atomic E-state index is -0.507. The van der Waals surface area contributed by atoms with Crippen LogP contribution in [0.3, 0.4) is 0 Å². The van der Waals surface area contributed by atoms with E-state index in [0.717, 1.165) is 17.0 Å². The number of nitrogens with one attached hydrogen (secondary N) is 1. The number of hydrogen-bond donors (Lipinski definition) is 2. The lowest BCUT2D eigenvalue weighted by molar-refractivity contribution is 0.0523. The number of aliphatic hydroxyl groups excluding tert-OH is 1. The molecule has 0 saturated heterocycles. The molecule has 0 radical (unpaired) electrons. The minimum Gasteiger partial charge on any atom is -0.444 e. The molecule has 0 spiro atoms. The summed E-state index contributed by atoms with van der Waals surface area (Å²) in [5.41, 5.74) is 1.37. The maximum absolute atomic E-state index is 11.7. The van der Waals surface area contributed by atoms with Crippen LogP contribution in [0.2, 0.25) is 0 Å². The third-order valence-corrected chi connectivity index (χ3v) is 3.89. The number of rotatable bonds is 3. The number of fused-ring (bicyclic) bond motifs is 1. The number of ether oxygens (including phenoxy) is 1. The molecule has 2 aromatic rings. The van der Waals surface area contributed by atoms with Gasteiger partial charge in [-0.1, -0.05) is 24.3 Å². The van der Waals surface area contributed by atoms with Crippen LogP contribution in [0.15, 0.2) is 24.3 Å². The Balaban J connectivity index is 1.62. The summed E-state index contributed by atoms with van der Waals surface area (Å²) in [7, 11) is 0. The van der Waals surface area contributed by atoms with Crippen molar-refractivity contribution in [1.82, 2.24) is 20.1 Å². The maximum Gasteiger partial charge on any atom is 0.407 e. The Morgan fingerprint density at radius 1 is 1.36 bits per heavy atom. The van der Waals surface area contributed by atoms with Gasteiger partial charge in [0.2, 0.25) is 0 Å². The summed E-state index contributed by atoms with van der Waals surface area (Å²) in [5, 5.41) is 17.0. The zero-order valence-electron chi connectivity index (χ0n) is 14.8. The van der Waals surface area contributed by atoms with E-state index in [1.807, 2.05) is 49.7 Å². The van der Waals surface area contributed by atoms with Crippen molar-refractivity contribution in [1.29, 1.82) is 0 Å². The molecule has 25 heavy (non-hydrogen) atoms. The largest absolute Gasteiger partial charge is 0.444 e. The molecule has 1 aromatic carbocycles. The van der Waals surface area contributed by atoms with Gasteiger partial charge in [-0.3, -0.25) is 0 Å². The number of amides is 1. The molecule has 1 amide bonds. The zero-order valence-corrected chi connectivity index (χ0v) is 14.8. The number of hydrogen-bond acceptors (Lipinski definition) is 5. The van der Waals surface area contributed by atoms with Gasteiger partial charge in [-0.25, -0.2) is 14.5 Å². The average molecular weight is 344 g/mol. The summed E-state index contributed by atoms with van der Waals surface area (Å²) >= 11 is 0. The predicted octanol–water partition coefficient (Wildman–Crippen LogP) is 2.28. The van der Waals surface area contributed by atoms with Gasteiger partial charge in [0.15, 0.2) is 5.82 Å². The van der Waals surface area contributed by atoms with Gasteiger partial charge < -0.3 is 15.2 Å². The van der Waals surface area contributed by atoms with Crippen molar-refractivity contribution >= 4 is 6.09 Å². The first-order valence-electron chi connectivity index (χ1n) is 8.48. The predicted molar refractivity (Wildman–Crippen MR) is 92.9 cm³/mol. The van der Waals surface area contributed by atoms with E-state index in [0.29, 0.717) is 31.8 Å². The van der Waals surface area contributed by atoms with E-state index < -0.39 is 11.7 Å². The van der Waals surface area contributed by atoms with Gasteiger partial charge in [-0.15, -0.1) is 0 Å². The second-order valence-corrected chi connectivity index (χ2v) is 7.27. The summed E-state index contributed by atoms with van der Waals surface area (Å²) in [4.78, 5) is 16.2. The minimum absolute atomic E-state index is 0.328. The van der Waals surface area contributed by atoms with Crippen molar-refractivity contribution in [3.05, 3.63) is 35.7 Å². The van der Waals surface area contributed by atoms with Crippen LogP contribution in [0.25, 0.3) is 11.4 Å². The van der Waals surface area contributed by atoms with Crippen molar-refractivity contribution in [2.45, 2.75) is 58.4 Å². The van der Waals surface area contributed by atoms with Gasteiger partial charge >= 0.3 is 6.09 Å². The zero-order chi connectivity index (χ0) is 18.0. The van der Waals surface area contributed by atoms with Crippen LogP contribution < -0.4 is 5.32 Å². The Hall–Kier alpha value is -2.41. The topological polar surface area (TPSA) is 89.3 Å². The lowest BCUT2D eigenvalue weighted by atomic mass is 10.1. The standard InChI is InChI=1S/C18H24N4O3/c1-18(2,3)25-17(24)19-11-12-4-6-13(7-5-12)16-20-15-10-14(23)8-9-22(15)21-16/h4-7,14,23H,8-11H2,1-3H3,(H,19,24). The van der Waals surface area contributed by atoms with Crippen LogP contribution in [0.5, 0.6) is 0 Å². The van der Waals surface area contributed by atoms with Crippen LogP contribution in [-0.2, 0) is 24.2 Å². The van der Waals surface area contributed by atoms with Crippen LogP contribution >= 0.6 is 0 Å². The first kappa shape index (κ1) is 17.4. The average Bonchev–Trinajstić information content (AvgIpc) is 2.95. The second-order valence-electron chi connectivity index (χ2n) is 7.27. The molecule has 7 nitrogen and oxygen atoms in total. The maximum atomic E-state index is 11.7. The van der Waals surface area contributed by atoms with E-state index in [2.05, 4.69) is 15.4 Å². The summed E-state index contributed by atoms with van der Waals surface area (Å²) < 4.78 is 7.08. The Kier molecular flexibility index (Phi) is 4.76. The van der Waals surface area contributed by atoms with Crippen molar-refractivity contribution in [3.63, 3.8) is 0 Å². The lowest BCUT2D eigenvalue weighted by Crippen LogP contribution is -2.32. The fourth-order valence-electron chi connectivity index (χ4n) is 2.67. The quantitative estimate of drug-likeness (QED) is 0.892. The van der Waals surface area contributed by atoms with Crippen molar-refractivity contribution in [3.8, 4) is 11.4 Å². The van der Waals surface area contributed by atoms with Crippen molar-refractivity contribution < 1.29 is 14.6 Å². The summed E-state index contributed by atoms with van der Waals surface area (Å²) in [6, 6.07) is 7.73. The normalized spacial score (nSPS) is 17.0. The van der Waals surface area contributed by atoms with E-state index >= 15 is 0 Å². The molecule has 2 N–H and O–H groups in total. The number of carbonyl (C=O) groups is 1. The highest BCUT2D eigenvalue weighted by molar-refractivity contribution is 5.67. The molecule has 1 atom stereocenters. The third kappa shape index (κ3) is 4.57. The molecule has 1 unspecified atom stereocenters. The van der Waals surface area contributed by atoms with E-state index in [9.17, 15) is 9.90 Å². The highest BCUT2D eigenvalue weighted by atomic mass is 16.6. The molecule has 134 valence electrons. The summed E-state index contributed by atoms with van der Waals surface area (Å²) in [5.74, 6) is 1.49. The van der Waals surface area contributed by atoms with Crippen LogP contribution in [0.4, 0.5) is 4.79 Å². The first-order valence-corrected chi connectivity index (χ1v) is 8.48. The molecule has 7 heteroatoms. The number of aromatic nitrogens is 3. The summed E-state index contributed by atoms with van der Waals surface area (Å²) in [6.07, 6.45) is 0.500. The fraction of sp³-hybridized carbons (Fsp3) is 0.500. The molecular formula is C18H24N4O3. The monoisotopic (exact) mass is 344 g/mol. The van der Waals surface area contributed by atoms with Crippen LogP contribution in [-0.4, -0.2) is 37.7 Å². The van der Waals surface area contributed by atoms with Crippen LogP contribution in [0, 0.1) is 0 Å². The molecule has 1 aromatic heterocycles. The molecule has 3 rings (SSSR count). The van der Waals surface area contributed by atoms with Gasteiger partial charge in [-0.2, -0.15) is 5.10 Å². The first-order chi connectivity index (χ1) is 11.8. The van der Waals surface area contributed by atoms with Crippen molar-refractivity contribution in [2.75, 3.05) is 0 Å². The number of aryl methyl sites for hydroxylation is 1. The van der Waals surface area contributed by atoms with E-state index in [4.69, 9.17) is 4.74 Å². The van der Waals surface area contributed by atoms with Crippen LogP contribution in [0.1, 0.15) is 38.6 Å². The number of benzene rings is 1. The van der Waals surface area contributed by atoms with Gasteiger partial charge in [0.25, 0.3) is 0 Å². The Morgan fingerprint density at radius 2 is 2.08 bits per heavy atom. The van der Waals surface area contributed by atoms with Gasteiger partial charge in [0.1, 0.15) is 11.4 Å². The highest BCUT2D eigenvalue weighted by Crippen LogP contribution is 2.20. The second kappa shape index (κ2) is 6.84. The molecule has 0 bridgehead atoms.